The SMILES string of the molecule is COc1c(Nc2cc(C)[nH]n2)nc(Sc2ccc(NC(C)=O)cc2)nc1N1CCN(CCN)CC1. The fourth-order valence-corrected chi connectivity index (χ4v) is 4.59. The van der Waals surface area contributed by atoms with Crippen molar-refractivity contribution in [1.29, 1.82) is 0 Å². The van der Waals surface area contributed by atoms with E-state index in [0.29, 0.717) is 29.1 Å². The monoisotopic (exact) mass is 497 g/mol. The van der Waals surface area contributed by atoms with E-state index < -0.39 is 0 Å². The second-order valence-electron chi connectivity index (χ2n) is 8.20. The summed E-state index contributed by atoms with van der Waals surface area (Å²) in [4.78, 5) is 26.5. The average molecular weight is 498 g/mol. The van der Waals surface area contributed by atoms with E-state index in [4.69, 9.17) is 20.4 Å². The summed E-state index contributed by atoms with van der Waals surface area (Å²) < 4.78 is 5.79. The third-order valence-electron chi connectivity index (χ3n) is 5.48. The Labute approximate surface area is 208 Å². The van der Waals surface area contributed by atoms with Crippen LogP contribution in [0.3, 0.4) is 0 Å². The van der Waals surface area contributed by atoms with Gasteiger partial charge in [-0.25, -0.2) is 9.97 Å². The first-order valence-electron chi connectivity index (χ1n) is 11.4. The fraction of sp³-hybridized carbons (Fsp3) is 0.391. The Morgan fingerprint density at radius 2 is 1.94 bits per heavy atom. The number of aromatic amines is 1. The first kappa shape index (κ1) is 24.8. The Morgan fingerprint density at radius 3 is 2.54 bits per heavy atom. The number of benzene rings is 1. The van der Waals surface area contributed by atoms with Crippen molar-refractivity contribution in [3.8, 4) is 5.75 Å². The van der Waals surface area contributed by atoms with Gasteiger partial charge in [0.1, 0.15) is 0 Å². The highest BCUT2D eigenvalue weighted by Gasteiger charge is 2.25. The van der Waals surface area contributed by atoms with Gasteiger partial charge in [-0.3, -0.25) is 14.8 Å². The van der Waals surface area contributed by atoms with Crippen LogP contribution in [0.15, 0.2) is 40.4 Å². The van der Waals surface area contributed by atoms with Crippen LogP contribution in [0.25, 0.3) is 0 Å². The van der Waals surface area contributed by atoms with Gasteiger partial charge in [0.2, 0.25) is 11.7 Å². The number of ether oxygens (including phenoxy) is 1. The predicted octanol–water partition coefficient (Wildman–Crippen LogP) is 2.45. The molecule has 0 saturated carbocycles. The quantitative estimate of drug-likeness (QED) is 0.326. The zero-order valence-electron chi connectivity index (χ0n) is 20.2. The number of nitrogens with two attached hydrogens (primary N) is 1. The standard InChI is InChI=1S/C23H31N9O2S/c1-15-14-19(30-29-15)26-21-20(34-3)22(32-12-10-31(9-8-24)11-13-32)28-23(27-21)35-18-6-4-17(5-7-18)25-16(2)33/h4-7,14H,8-13,24H2,1-3H3,(H,25,33)(H2,26,27,28,29,30). The summed E-state index contributed by atoms with van der Waals surface area (Å²) in [5.41, 5.74) is 7.41. The molecule has 1 aromatic carbocycles. The Balaban J connectivity index is 1.64. The van der Waals surface area contributed by atoms with Gasteiger partial charge in [-0.1, -0.05) is 0 Å². The molecule has 35 heavy (non-hydrogen) atoms. The molecule has 2 aromatic heterocycles. The van der Waals surface area contributed by atoms with Gasteiger partial charge in [-0.05, 0) is 43.0 Å². The summed E-state index contributed by atoms with van der Waals surface area (Å²) >= 11 is 1.44. The molecule has 1 fully saturated rings. The number of carbonyl (C=O) groups is 1. The molecule has 0 spiro atoms. The second-order valence-corrected chi connectivity index (χ2v) is 9.24. The van der Waals surface area contributed by atoms with Gasteiger partial charge >= 0.3 is 0 Å². The van der Waals surface area contributed by atoms with Crippen molar-refractivity contribution < 1.29 is 9.53 Å². The van der Waals surface area contributed by atoms with Crippen molar-refractivity contribution >= 4 is 40.8 Å². The Kier molecular flexibility index (Phi) is 8.06. The van der Waals surface area contributed by atoms with Gasteiger partial charge in [0.05, 0.1) is 7.11 Å². The van der Waals surface area contributed by atoms with Gasteiger partial charge in [0.25, 0.3) is 0 Å². The molecule has 0 aliphatic carbocycles. The normalized spacial score (nSPS) is 14.1. The van der Waals surface area contributed by atoms with Crippen LogP contribution >= 0.6 is 11.8 Å². The molecule has 5 N–H and O–H groups in total. The molecule has 3 heterocycles. The molecule has 0 unspecified atom stereocenters. The lowest BCUT2D eigenvalue weighted by atomic mass is 10.3. The van der Waals surface area contributed by atoms with E-state index in [9.17, 15) is 4.79 Å². The first-order valence-corrected chi connectivity index (χ1v) is 12.2. The van der Waals surface area contributed by atoms with Gasteiger partial charge in [-0.15, -0.1) is 0 Å². The number of nitrogens with one attached hydrogen (secondary N) is 3. The van der Waals surface area contributed by atoms with Crippen molar-refractivity contribution in [2.45, 2.75) is 23.9 Å². The van der Waals surface area contributed by atoms with Gasteiger partial charge in [-0.2, -0.15) is 5.10 Å². The zero-order chi connectivity index (χ0) is 24.8. The van der Waals surface area contributed by atoms with Crippen molar-refractivity contribution in [1.82, 2.24) is 25.1 Å². The minimum absolute atomic E-state index is 0.107. The van der Waals surface area contributed by atoms with Crippen LogP contribution in [0.4, 0.5) is 23.1 Å². The summed E-state index contributed by atoms with van der Waals surface area (Å²) in [5.74, 6) is 2.40. The van der Waals surface area contributed by atoms with E-state index in [1.54, 1.807) is 7.11 Å². The van der Waals surface area contributed by atoms with E-state index in [1.807, 2.05) is 37.3 Å². The number of rotatable bonds is 9. The number of nitrogens with zero attached hydrogens (tertiary/aromatic N) is 5. The number of piperazine rings is 1. The van der Waals surface area contributed by atoms with Gasteiger partial charge in [0, 0.05) is 68.5 Å². The number of H-pyrrole nitrogens is 1. The minimum Gasteiger partial charge on any atom is -0.490 e. The van der Waals surface area contributed by atoms with Crippen molar-refractivity contribution in [2.75, 3.05) is 61.9 Å². The maximum absolute atomic E-state index is 11.3. The number of amides is 1. The van der Waals surface area contributed by atoms with Crippen LogP contribution in [0.5, 0.6) is 5.75 Å². The number of hydrogen-bond acceptors (Lipinski definition) is 10. The van der Waals surface area contributed by atoms with Crippen LogP contribution < -0.4 is 26.0 Å². The number of anilines is 4. The predicted molar refractivity (Wildman–Crippen MR) is 138 cm³/mol. The third-order valence-corrected chi connectivity index (χ3v) is 6.36. The van der Waals surface area contributed by atoms with Crippen LogP contribution in [0.1, 0.15) is 12.6 Å². The van der Waals surface area contributed by atoms with Gasteiger partial charge in [0.15, 0.2) is 22.6 Å². The smallest absolute Gasteiger partial charge is 0.221 e. The number of hydrogen-bond donors (Lipinski definition) is 4. The molecular weight excluding hydrogens is 466 g/mol. The maximum atomic E-state index is 11.3. The summed E-state index contributed by atoms with van der Waals surface area (Å²) in [6, 6.07) is 9.48. The molecule has 4 rings (SSSR count). The zero-order valence-corrected chi connectivity index (χ0v) is 21.0. The van der Waals surface area contributed by atoms with E-state index >= 15 is 0 Å². The van der Waals surface area contributed by atoms with E-state index in [1.165, 1.54) is 18.7 Å². The molecule has 1 aliphatic rings. The summed E-state index contributed by atoms with van der Waals surface area (Å²) in [5, 5.41) is 13.8. The summed E-state index contributed by atoms with van der Waals surface area (Å²) in [6.45, 7) is 8.38. The Hall–Kier alpha value is -3.35. The fourth-order valence-electron chi connectivity index (χ4n) is 3.84. The molecule has 0 atom stereocenters. The topological polar surface area (TPSA) is 137 Å². The summed E-state index contributed by atoms with van der Waals surface area (Å²) in [6.07, 6.45) is 0. The van der Waals surface area contributed by atoms with Crippen molar-refractivity contribution in [3.05, 3.63) is 36.0 Å². The summed E-state index contributed by atoms with van der Waals surface area (Å²) in [7, 11) is 1.63. The molecule has 0 bridgehead atoms. The lowest BCUT2D eigenvalue weighted by molar-refractivity contribution is -0.114. The van der Waals surface area contributed by atoms with Crippen LogP contribution in [0.2, 0.25) is 0 Å². The molecule has 11 nitrogen and oxygen atoms in total. The van der Waals surface area contributed by atoms with E-state index in [0.717, 1.165) is 54.8 Å². The second kappa shape index (κ2) is 11.4. The Morgan fingerprint density at radius 1 is 1.20 bits per heavy atom. The number of aromatic nitrogens is 4. The van der Waals surface area contributed by atoms with Crippen molar-refractivity contribution in [2.24, 2.45) is 5.73 Å². The van der Waals surface area contributed by atoms with Crippen molar-refractivity contribution in [3.63, 3.8) is 0 Å². The highest BCUT2D eigenvalue weighted by atomic mass is 32.2. The Bertz CT molecular complexity index is 1140. The molecule has 12 heteroatoms. The minimum atomic E-state index is -0.107. The average Bonchev–Trinajstić information content (AvgIpc) is 3.25. The van der Waals surface area contributed by atoms with E-state index in [-0.39, 0.29) is 5.91 Å². The number of carbonyl (C=O) groups excluding carboxylic acids is 1. The molecular formula is C23H31N9O2S. The largest absolute Gasteiger partial charge is 0.490 e. The van der Waals surface area contributed by atoms with Gasteiger partial charge < -0.3 is 26.0 Å². The first-order chi connectivity index (χ1) is 16.9. The molecule has 186 valence electrons. The molecule has 3 aromatic rings. The molecule has 1 amide bonds. The lowest BCUT2D eigenvalue weighted by Crippen LogP contribution is -2.48. The highest BCUT2D eigenvalue weighted by molar-refractivity contribution is 7.99. The molecule has 1 aliphatic heterocycles. The highest BCUT2D eigenvalue weighted by Crippen LogP contribution is 2.38. The molecule has 1 saturated heterocycles. The van der Waals surface area contributed by atoms with Crippen LogP contribution in [-0.4, -0.2) is 77.4 Å². The number of methoxy groups -OCH3 is 1. The maximum Gasteiger partial charge on any atom is 0.221 e. The van der Waals surface area contributed by atoms with E-state index in [2.05, 4.69) is 30.6 Å². The van der Waals surface area contributed by atoms with Crippen LogP contribution in [-0.2, 0) is 4.79 Å². The lowest BCUT2D eigenvalue weighted by Gasteiger charge is -2.35. The number of aryl methyl sites for hydroxylation is 1. The third kappa shape index (κ3) is 6.41. The van der Waals surface area contributed by atoms with Crippen LogP contribution in [0, 0.1) is 6.92 Å². The molecule has 0 radical (unpaired) electrons.